The SMILES string of the molecule is O=C(CCOCC(F)(F)F)NC(CBr)Cc1ccccc1. The summed E-state index contributed by atoms with van der Waals surface area (Å²) in [6, 6.07) is 9.52. The maximum absolute atomic E-state index is 11.9. The van der Waals surface area contributed by atoms with Gasteiger partial charge in [-0.3, -0.25) is 4.79 Å². The molecule has 0 bridgehead atoms. The molecule has 1 atom stereocenters. The van der Waals surface area contributed by atoms with Crippen LogP contribution in [-0.4, -0.2) is 36.7 Å². The smallest absolute Gasteiger partial charge is 0.372 e. The van der Waals surface area contributed by atoms with Crippen LogP contribution < -0.4 is 5.32 Å². The van der Waals surface area contributed by atoms with Gasteiger partial charge in [-0.05, 0) is 12.0 Å². The average molecular weight is 368 g/mol. The Kier molecular flexibility index (Phi) is 7.74. The quantitative estimate of drug-likeness (QED) is 0.566. The second kappa shape index (κ2) is 9.04. The van der Waals surface area contributed by atoms with Gasteiger partial charge in [0.05, 0.1) is 6.61 Å². The van der Waals surface area contributed by atoms with E-state index in [-0.39, 0.29) is 25.0 Å². The Bertz CT molecular complexity index is 426. The molecule has 0 aliphatic carbocycles. The van der Waals surface area contributed by atoms with Gasteiger partial charge in [0.1, 0.15) is 6.61 Å². The predicted molar refractivity (Wildman–Crippen MR) is 77.4 cm³/mol. The van der Waals surface area contributed by atoms with Gasteiger partial charge in [0, 0.05) is 17.8 Å². The summed E-state index contributed by atoms with van der Waals surface area (Å²) < 4.78 is 40.0. The molecule has 0 saturated carbocycles. The van der Waals surface area contributed by atoms with Crippen LogP contribution in [0.4, 0.5) is 13.2 Å². The predicted octanol–water partition coefficient (Wildman–Crippen LogP) is 3.08. The molecule has 0 spiro atoms. The van der Waals surface area contributed by atoms with Crippen LogP contribution in [-0.2, 0) is 16.0 Å². The molecular weight excluding hydrogens is 351 g/mol. The van der Waals surface area contributed by atoms with Gasteiger partial charge in [0.15, 0.2) is 0 Å². The normalized spacial score (nSPS) is 13.0. The number of hydrogen-bond acceptors (Lipinski definition) is 2. The fourth-order valence-corrected chi connectivity index (χ4v) is 2.09. The van der Waals surface area contributed by atoms with Crippen molar-refractivity contribution in [1.82, 2.24) is 5.32 Å². The third-order valence-electron chi connectivity index (χ3n) is 2.62. The van der Waals surface area contributed by atoms with E-state index >= 15 is 0 Å². The molecule has 0 radical (unpaired) electrons. The number of amides is 1. The minimum Gasteiger partial charge on any atom is -0.372 e. The van der Waals surface area contributed by atoms with E-state index in [0.29, 0.717) is 11.8 Å². The van der Waals surface area contributed by atoms with Gasteiger partial charge in [-0.15, -0.1) is 0 Å². The van der Waals surface area contributed by atoms with Gasteiger partial charge in [-0.25, -0.2) is 0 Å². The van der Waals surface area contributed by atoms with Gasteiger partial charge in [0.2, 0.25) is 5.91 Å². The number of nitrogens with one attached hydrogen (secondary N) is 1. The molecule has 1 unspecified atom stereocenters. The lowest BCUT2D eigenvalue weighted by Crippen LogP contribution is -2.38. The van der Waals surface area contributed by atoms with E-state index in [2.05, 4.69) is 26.0 Å². The first-order valence-electron chi connectivity index (χ1n) is 6.44. The Morgan fingerprint density at radius 1 is 1.29 bits per heavy atom. The van der Waals surface area contributed by atoms with E-state index in [0.717, 1.165) is 5.56 Å². The Balaban J connectivity index is 2.28. The summed E-state index contributed by atoms with van der Waals surface area (Å²) in [5.41, 5.74) is 1.08. The van der Waals surface area contributed by atoms with Gasteiger partial charge in [0.25, 0.3) is 0 Å². The van der Waals surface area contributed by atoms with Crippen LogP contribution in [0.3, 0.4) is 0 Å². The molecule has 0 fully saturated rings. The second-order valence-corrected chi connectivity index (χ2v) is 5.17. The molecular formula is C14H17BrF3NO2. The average Bonchev–Trinajstić information content (AvgIpc) is 2.43. The molecule has 1 N–H and O–H groups in total. The highest BCUT2D eigenvalue weighted by atomic mass is 79.9. The van der Waals surface area contributed by atoms with E-state index in [1.54, 1.807) is 0 Å². The summed E-state index contributed by atoms with van der Waals surface area (Å²) >= 11 is 3.32. The van der Waals surface area contributed by atoms with Crippen molar-refractivity contribution in [3.63, 3.8) is 0 Å². The molecule has 1 rings (SSSR count). The summed E-state index contributed by atoms with van der Waals surface area (Å²) in [7, 11) is 0. The minimum absolute atomic E-state index is 0.0889. The molecule has 118 valence electrons. The number of hydrogen-bond donors (Lipinski definition) is 1. The highest BCUT2D eigenvalue weighted by Gasteiger charge is 2.27. The van der Waals surface area contributed by atoms with Crippen molar-refractivity contribution >= 4 is 21.8 Å². The summed E-state index contributed by atoms with van der Waals surface area (Å²) in [4.78, 5) is 11.6. The number of ether oxygens (including phenoxy) is 1. The minimum atomic E-state index is -4.36. The number of benzene rings is 1. The molecule has 1 aromatic carbocycles. The van der Waals surface area contributed by atoms with Crippen LogP contribution in [0.15, 0.2) is 30.3 Å². The topological polar surface area (TPSA) is 38.3 Å². The van der Waals surface area contributed by atoms with Crippen LogP contribution in [0, 0.1) is 0 Å². The molecule has 21 heavy (non-hydrogen) atoms. The molecule has 1 aromatic rings. The van der Waals surface area contributed by atoms with Crippen molar-refractivity contribution in [3.8, 4) is 0 Å². The molecule has 0 aliphatic heterocycles. The summed E-state index contributed by atoms with van der Waals surface area (Å²) in [6.45, 7) is -1.57. The largest absolute Gasteiger partial charge is 0.411 e. The summed E-state index contributed by atoms with van der Waals surface area (Å²) in [5.74, 6) is -0.322. The standard InChI is InChI=1S/C14H17BrF3NO2/c15-9-12(8-11-4-2-1-3-5-11)19-13(20)6-7-21-10-14(16,17)18/h1-5,12H,6-10H2,(H,19,20). The Hall–Kier alpha value is -1.08. The van der Waals surface area contributed by atoms with E-state index in [9.17, 15) is 18.0 Å². The van der Waals surface area contributed by atoms with Crippen LogP contribution in [0.2, 0.25) is 0 Å². The van der Waals surface area contributed by atoms with Crippen LogP contribution >= 0.6 is 15.9 Å². The zero-order chi connectivity index (χ0) is 15.7. The molecule has 0 aliphatic rings. The van der Waals surface area contributed by atoms with Crippen molar-refractivity contribution in [2.24, 2.45) is 0 Å². The number of rotatable bonds is 8. The zero-order valence-corrected chi connectivity index (χ0v) is 12.9. The first-order chi connectivity index (χ1) is 9.90. The first-order valence-corrected chi connectivity index (χ1v) is 7.56. The molecule has 7 heteroatoms. The number of alkyl halides is 4. The second-order valence-electron chi connectivity index (χ2n) is 4.53. The van der Waals surface area contributed by atoms with Crippen LogP contribution in [0.5, 0.6) is 0 Å². The molecule has 1 amide bonds. The molecule has 0 aromatic heterocycles. The first kappa shape index (κ1) is 18.0. The monoisotopic (exact) mass is 367 g/mol. The van der Waals surface area contributed by atoms with E-state index < -0.39 is 12.8 Å². The van der Waals surface area contributed by atoms with E-state index in [4.69, 9.17) is 0 Å². The third kappa shape index (κ3) is 8.72. The fourth-order valence-electron chi connectivity index (χ4n) is 1.70. The lowest BCUT2D eigenvalue weighted by Gasteiger charge is -2.16. The summed E-state index contributed by atoms with van der Waals surface area (Å²) in [5, 5.41) is 3.33. The highest BCUT2D eigenvalue weighted by molar-refractivity contribution is 9.09. The Labute approximate surface area is 130 Å². The molecule has 3 nitrogen and oxygen atoms in total. The van der Waals surface area contributed by atoms with Crippen molar-refractivity contribution in [2.75, 3.05) is 18.5 Å². The van der Waals surface area contributed by atoms with Gasteiger partial charge >= 0.3 is 6.18 Å². The maximum Gasteiger partial charge on any atom is 0.411 e. The molecule has 0 heterocycles. The van der Waals surface area contributed by atoms with Crippen molar-refractivity contribution in [1.29, 1.82) is 0 Å². The van der Waals surface area contributed by atoms with Gasteiger partial charge in [-0.2, -0.15) is 13.2 Å². The fraction of sp³-hybridized carbons (Fsp3) is 0.500. The van der Waals surface area contributed by atoms with Crippen molar-refractivity contribution in [3.05, 3.63) is 35.9 Å². The van der Waals surface area contributed by atoms with Gasteiger partial charge < -0.3 is 10.1 Å². The lowest BCUT2D eigenvalue weighted by atomic mass is 10.1. The number of carbonyl (C=O) groups is 1. The third-order valence-corrected chi connectivity index (χ3v) is 3.40. The maximum atomic E-state index is 11.9. The number of halogens is 4. The Morgan fingerprint density at radius 3 is 2.52 bits per heavy atom. The van der Waals surface area contributed by atoms with Crippen LogP contribution in [0.1, 0.15) is 12.0 Å². The highest BCUT2D eigenvalue weighted by Crippen LogP contribution is 2.14. The van der Waals surface area contributed by atoms with Gasteiger partial charge in [-0.1, -0.05) is 46.3 Å². The lowest BCUT2D eigenvalue weighted by molar-refractivity contribution is -0.174. The van der Waals surface area contributed by atoms with Crippen molar-refractivity contribution in [2.45, 2.75) is 25.1 Å². The van der Waals surface area contributed by atoms with Crippen molar-refractivity contribution < 1.29 is 22.7 Å². The number of carbonyl (C=O) groups excluding carboxylic acids is 1. The summed E-state index contributed by atoms with van der Waals surface area (Å²) in [6.07, 6.45) is -3.79. The molecule has 0 saturated heterocycles. The Morgan fingerprint density at radius 2 is 1.95 bits per heavy atom. The van der Waals surface area contributed by atoms with E-state index in [1.165, 1.54) is 0 Å². The van der Waals surface area contributed by atoms with E-state index in [1.807, 2.05) is 30.3 Å². The zero-order valence-electron chi connectivity index (χ0n) is 11.3. The van der Waals surface area contributed by atoms with Crippen LogP contribution in [0.25, 0.3) is 0 Å².